The molecule has 0 unspecified atom stereocenters. The van der Waals surface area contributed by atoms with Gasteiger partial charge in [0.25, 0.3) is 6.47 Å². The molecule has 0 spiro atoms. The molecule has 6 aromatic rings. The molecule has 6 aromatic carbocycles. The van der Waals surface area contributed by atoms with Crippen molar-refractivity contribution < 1.29 is 173 Å². The molecule has 0 bridgehead atoms. The minimum absolute atomic E-state index is 0. The summed E-state index contributed by atoms with van der Waals surface area (Å²) in [5, 5.41) is 34.3. The molecule has 0 saturated heterocycles. The average molecular weight is 1150 g/mol. The maximum absolute atomic E-state index is 12.2. The summed E-state index contributed by atoms with van der Waals surface area (Å²) in [6.07, 6.45) is 1.37. The summed E-state index contributed by atoms with van der Waals surface area (Å²) >= 11 is 12.9. The van der Waals surface area contributed by atoms with Crippen molar-refractivity contribution in [1.29, 1.82) is 0 Å². The van der Waals surface area contributed by atoms with E-state index in [0.717, 1.165) is 6.08 Å². The van der Waals surface area contributed by atoms with Crippen LogP contribution in [0.1, 0.15) is 63.0 Å². The summed E-state index contributed by atoms with van der Waals surface area (Å²) in [6, 6.07) is 47.3. The molecule has 0 heterocycles. The molecule has 0 aromatic heterocycles. The Labute approximate surface area is 525 Å². The summed E-state index contributed by atoms with van der Waals surface area (Å²) in [7, 11) is 0. The summed E-state index contributed by atoms with van der Waals surface area (Å²) in [6.45, 7) is 3.98. The molecule has 6 rings (SSSR count). The number of rotatable bonds is 18. The third-order valence-electron chi connectivity index (χ3n) is 8.01. The molecular weight excluding hydrogens is 1090 g/mol. The van der Waals surface area contributed by atoms with Crippen molar-refractivity contribution in [3.05, 3.63) is 210 Å². The van der Waals surface area contributed by atoms with Gasteiger partial charge >= 0.3 is 109 Å². The molecule has 0 aliphatic carbocycles. The van der Waals surface area contributed by atoms with Crippen LogP contribution in [0.5, 0.6) is 17.2 Å². The van der Waals surface area contributed by atoms with E-state index in [2.05, 4.69) is 27.4 Å². The number of hydrogen-bond acceptors (Lipinski definition) is 14. The van der Waals surface area contributed by atoms with E-state index >= 15 is 0 Å². The van der Waals surface area contributed by atoms with Gasteiger partial charge in [0, 0.05) is 57.1 Å². The van der Waals surface area contributed by atoms with Gasteiger partial charge in [-0.3, -0.25) is 24.0 Å². The van der Waals surface area contributed by atoms with Crippen molar-refractivity contribution in [3.63, 3.8) is 0 Å². The number of carbonyl (C=O) groups is 6. The molecule has 0 saturated carbocycles. The number of aliphatic hydroxyl groups is 2. The first-order chi connectivity index (χ1) is 33.4. The Morgan fingerprint density at radius 1 is 0.583 bits per heavy atom. The fourth-order valence-electron chi connectivity index (χ4n) is 4.88. The van der Waals surface area contributed by atoms with E-state index in [1.165, 1.54) is 12.1 Å². The Kier molecular flexibility index (Phi) is 47.4. The number of ketones is 3. The van der Waals surface area contributed by atoms with Crippen LogP contribution >= 0.6 is 39.1 Å². The number of esters is 1. The zero-order chi connectivity index (χ0) is 51.1. The number of ether oxygens (including phenoxy) is 3. The molecule has 72 heavy (non-hydrogen) atoms. The van der Waals surface area contributed by atoms with Crippen LogP contribution in [-0.2, 0) is 24.0 Å². The molecule has 14 nitrogen and oxygen atoms in total. The second kappa shape index (κ2) is 47.0. The summed E-state index contributed by atoms with van der Waals surface area (Å²) in [5.74, 6) is 1.19. The van der Waals surface area contributed by atoms with E-state index in [4.69, 9.17) is 62.8 Å². The van der Waals surface area contributed by atoms with Crippen LogP contribution in [0.2, 0.25) is 0 Å². The molecule has 3 N–H and O–H groups in total. The van der Waals surface area contributed by atoms with Crippen molar-refractivity contribution in [2.75, 3.05) is 44.2 Å². The number of aromatic hydroxyl groups is 1. The number of phenols is 1. The van der Waals surface area contributed by atoms with Gasteiger partial charge in [0.2, 0.25) is 5.24 Å². The predicted molar refractivity (Wildman–Crippen MR) is 272 cm³/mol. The molecule has 374 valence electrons. The third-order valence-corrected chi connectivity index (χ3v) is 8.74. The van der Waals surface area contributed by atoms with E-state index in [0.29, 0.717) is 56.1 Å². The average Bonchev–Trinajstić information content (AvgIpc) is 3.40. The van der Waals surface area contributed by atoms with E-state index in [1.54, 1.807) is 97.1 Å². The smallest absolute Gasteiger partial charge is 1.00 e. The minimum Gasteiger partial charge on any atom is -1.00 e. The second-order valence-electron chi connectivity index (χ2n) is 12.9. The molecule has 0 atom stereocenters. The van der Waals surface area contributed by atoms with Crippen LogP contribution < -0.4 is 118 Å². The van der Waals surface area contributed by atoms with E-state index in [1.807, 2.05) is 54.6 Å². The molecule has 0 amide bonds. The maximum atomic E-state index is 12.2. The number of benzene rings is 6. The van der Waals surface area contributed by atoms with E-state index in [-0.39, 0.29) is 186 Å². The largest absolute Gasteiger partial charge is 1.00 e. The van der Waals surface area contributed by atoms with Crippen molar-refractivity contribution in [3.8, 4) is 17.2 Å². The quantitative estimate of drug-likeness (QED) is 0.0108. The number of phenolic OH excluding ortho intramolecular Hbond substituents is 1. The Hall–Kier alpha value is -3.71. The number of carbonyl (C=O) groups excluding carboxylic acids is 6. The molecule has 19 heteroatoms. The van der Waals surface area contributed by atoms with Crippen LogP contribution in [0.25, 0.3) is 0 Å². The first-order valence-electron chi connectivity index (χ1n) is 20.5. The zero-order valence-electron chi connectivity index (χ0n) is 40.1. The number of alkyl halides is 2. The molecule has 0 aliphatic rings. The second-order valence-corrected chi connectivity index (χ2v) is 14.5. The number of halogens is 3. The van der Waals surface area contributed by atoms with Crippen molar-refractivity contribution >= 4 is 74.2 Å². The topological polar surface area (TPSA) is 223 Å². The van der Waals surface area contributed by atoms with Gasteiger partial charge in [-0.25, -0.2) is 4.79 Å². The molecule has 0 aliphatic heterocycles. The Balaban J connectivity index is -0.000000426. The standard InChI is InChI=1S/C18H16O4.C15H14O3.C13H10O2.C3H4Cl2O.C2H5BrO.CH2O3.CH4.2K.H/c1-2-17(19)22-13-12-21-16-10-8-15(9-11-16)18(20)14-6-4-3-5-7-14;16-10-11-18-14-8-6-13(7-9-14)15(17)12-4-2-1-3-5-12;14-12-8-6-11(7-9-12)13(15)10-4-2-1-3-5-10;4-2-1-3(5)6;3-1-2-4;2-1-4-3;;;;/h2-11H,1,12-13H2;1-9,16H,10-11H2;1-9,14H;1-2H2;4H,1-2H2;1,3H;1H4;;;/q;;;;;;;2*+1;-1/p-1. The predicted octanol–water partition coefficient (Wildman–Crippen LogP) is 2.88. The SMILES string of the molecule is C.C=CC(=O)OCCOc1ccc(C(=O)c2ccccc2)cc1.O=C(Cl)CCCl.O=C(c1ccccc1)c1ccc(O)cc1.O=C(c1ccccc1)c1ccc(OCCO)cc1.O=CO[O-].OCCBr.[H-].[K+].[K+]. The summed E-state index contributed by atoms with van der Waals surface area (Å²) in [5.41, 5.74) is 3.77. The fourth-order valence-corrected chi connectivity index (χ4v) is 5.25. The minimum atomic E-state index is -0.479. The summed E-state index contributed by atoms with van der Waals surface area (Å²) in [4.78, 5) is 68.0. The van der Waals surface area contributed by atoms with E-state index in [9.17, 15) is 24.0 Å². The van der Waals surface area contributed by atoms with Gasteiger partial charge < -0.3 is 41.1 Å². The Morgan fingerprint density at radius 3 is 1.17 bits per heavy atom. The molecular formula is C53H55BrCl2K2O14. The first-order valence-corrected chi connectivity index (χ1v) is 22.5. The number of hydrogen-bond donors (Lipinski definition) is 3. The number of aliphatic hydroxyl groups excluding tert-OH is 2. The fraction of sp³-hybridized carbons (Fsp3) is 0.170. The monoisotopic (exact) mass is 1140 g/mol. The van der Waals surface area contributed by atoms with Crippen LogP contribution in [0.3, 0.4) is 0 Å². The molecule has 0 radical (unpaired) electrons. The Bertz CT molecular complexity index is 2390. The van der Waals surface area contributed by atoms with Crippen molar-refractivity contribution in [1.82, 2.24) is 0 Å². The van der Waals surface area contributed by atoms with Gasteiger partial charge in [0.1, 0.15) is 37.1 Å². The van der Waals surface area contributed by atoms with Gasteiger partial charge in [-0.2, -0.15) is 0 Å². The van der Waals surface area contributed by atoms with Crippen molar-refractivity contribution in [2.45, 2.75) is 13.8 Å². The van der Waals surface area contributed by atoms with Gasteiger partial charge in [-0.1, -0.05) is 121 Å². The normalized spacial score (nSPS) is 8.97. The maximum Gasteiger partial charge on any atom is 1.00 e. The van der Waals surface area contributed by atoms with Crippen molar-refractivity contribution in [2.24, 2.45) is 0 Å². The third kappa shape index (κ3) is 33.2. The van der Waals surface area contributed by atoms with Crippen LogP contribution in [0.15, 0.2) is 176 Å². The van der Waals surface area contributed by atoms with Crippen LogP contribution in [0.4, 0.5) is 0 Å². The van der Waals surface area contributed by atoms with Crippen LogP contribution in [0, 0.1) is 0 Å². The molecule has 0 fully saturated rings. The first kappa shape index (κ1) is 72.5. The van der Waals surface area contributed by atoms with Crippen LogP contribution in [-0.4, -0.2) is 94.6 Å². The Morgan fingerprint density at radius 2 is 0.903 bits per heavy atom. The zero-order valence-corrected chi connectivity index (χ0v) is 48.4. The summed E-state index contributed by atoms with van der Waals surface area (Å²) < 4.78 is 15.4. The van der Waals surface area contributed by atoms with E-state index < -0.39 is 5.97 Å². The van der Waals surface area contributed by atoms with Gasteiger partial charge in [0.15, 0.2) is 17.3 Å². The van der Waals surface area contributed by atoms with Gasteiger partial charge in [-0.15, -0.1) is 11.6 Å². The van der Waals surface area contributed by atoms with Gasteiger partial charge in [-0.05, 0) is 84.4 Å². The van der Waals surface area contributed by atoms with Gasteiger partial charge in [0.05, 0.1) is 13.2 Å².